The molecule has 16 nitrogen and oxygen atoms in total. The van der Waals surface area contributed by atoms with Gasteiger partial charge >= 0.3 is 0 Å². The number of carbonyl (C=O) groups is 2. The van der Waals surface area contributed by atoms with E-state index < -0.39 is 84.6 Å². The molecule has 2 saturated heterocycles. The van der Waals surface area contributed by atoms with Gasteiger partial charge in [-0.2, -0.15) is 0 Å². The number of amides is 2. The first-order chi connectivity index (χ1) is 28.5. The lowest BCUT2D eigenvalue weighted by Crippen LogP contribution is -2.66. The van der Waals surface area contributed by atoms with Crippen LogP contribution in [0.2, 0.25) is 0 Å². The van der Waals surface area contributed by atoms with Crippen molar-refractivity contribution in [1.82, 2.24) is 10.6 Å². The van der Waals surface area contributed by atoms with Crippen molar-refractivity contribution in [1.29, 1.82) is 0 Å². The number of nitrogens with one attached hydrogen (secondary N) is 2. The highest BCUT2D eigenvalue weighted by Gasteiger charge is 2.51. The molecule has 0 radical (unpaired) electrons. The number of hydrogen-bond donors (Lipinski definition) is 8. The number of hydrogen-bond acceptors (Lipinski definition) is 15. The summed E-state index contributed by atoms with van der Waals surface area (Å²) in [4.78, 5) is 27.3. The van der Waals surface area contributed by atoms with E-state index in [9.17, 15) is 40.2 Å². The summed E-state index contributed by atoms with van der Waals surface area (Å²) in [5.74, 6) is -0.173. The van der Waals surface area contributed by atoms with Gasteiger partial charge in [-0.25, -0.2) is 0 Å². The monoisotopic (exact) mass is 836 g/mol. The van der Waals surface area contributed by atoms with Crippen molar-refractivity contribution in [3.63, 3.8) is 0 Å². The number of aliphatic hydroxyl groups excluding tert-OH is 6. The molecule has 0 aliphatic carbocycles. The van der Waals surface area contributed by atoms with Crippen molar-refractivity contribution in [3.8, 4) is 23.0 Å². The van der Waals surface area contributed by atoms with Gasteiger partial charge in [0.15, 0.2) is 0 Å². The zero-order valence-electron chi connectivity index (χ0n) is 32.2. The molecular formula is C42H48N2O14S. The van der Waals surface area contributed by atoms with E-state index in [1.807, 2.05) is 60.7 Å². The highest BCUT2D eigenvalue weighted by molar-refractivity contribution is 8.00. The minimum atomic E-state index is -1.66. The minimum absolute atomic E-state index is 0.0818. The molecule has 0 saturated carbocycles. The third-order valence-corrected chi connectivity index (χ3v) is 11.2. The molecule has 0 spiro atoms. The molecule has 2 unspecified atom stereocenters. The van der Waals surface area contributed by atoms with E-state index >= 15 is 0 Å². The van der Waals surface area contributed by atoms with Crippen molar-refractivity contribution in [3.05, 3.63) is 119 Å². The molecule has 316 valence electrons. The quantitative estimate of drug-likeness (QED) is 0.0797. The van der Waals surface area contributed by atoms with Crippen LogP contribution in [0.3, 0.4) is 0 Å². The van der Waals surface area contributed by atoms with Gasteiger partial charge in [0.05, 0.1) is 39.5 Å². The van der Waals surface area contributed by atoms with Crippen LogP contribution in [-0.2, 0) is 22.7 Å². The van der Waals surface area contributed by atoms with Gasteiger partial charge in [0.2, 0.25) is 0 Å². The molecule has 2 heterocycles. The van der Waals surface area contributed by atoms with Gasteiger partial charge in [0, 0.05) is 23.3 Å². The molecular weight excluding hydrogens is 789 g/mol. The molecule has 2 aliphatic heterocycles. The number of carbonyl (C=O) groups excluding carboxylic acids is 2. The Morgan fingerprint density at radius 1 is 0.576 bits per heavy atom. The van der Waals surface area contributed by atoms with Crippen molar-refractivity contribution in [2.24, 2.45) is 0 Å². The predicted molar refractivity (Wildman–Crippen MR) is 213 cm³/mol. The summed E-state index contributed by atoms with van der Waals surface area (Å²) >= 11 is 0.708. The minimum Gasteiger partial charge on any atom is -0.497 e. The first-order valence-electron chi connectivity index (χ1n) is 18.8. The number of methoxy groups -OCH3 is 2. The molecule has 10 atom stereocenters. The van der Waals surface area contributed by atoms with Gasteiger partial charge in [0.1, 0.15) is 83.7 Å². The standard InChI is InChI=1S/C42H48N2O14S/c1-53-27-13-25(15-29(17-27)55-21-23-9-5-3-6-10-23)39(51)43-33-35(47)31(19-45)57-41(37(33)49)59-42-38(50)34(36(48)32(20-46)58-42)44-40(52)26-14-28(54-2)18-30(16-26)56-22-24-11-7-4-8-12-24/h3-18,31-38,41-42,45-50H,19-22H2,1-2H3,(H,43,51)(H,44,52)/t31-,32-,33+,34+,35+,36+,37-,38-,41?,42?/m1/s1. The molecule has 17 heteroatoms. The second-order valence-electron chi connectivity index (χ2n) is 13.9. The third-order valence-electron chi connectivity index (χ3n) is 9.89. The molecule has 6 rings (SSSR count). The van der Waals surface area contributed by atoms with Gasteiger partial charge in [-0.1, -0.05) is 72.4 Å². The van der Waals surface area contributed by atoms with Crippen LogP contribution in [0.25, 0.3) is 0 Å². The zero-order chi connectivity index (χ0) is 42.1. The van der Waals surface area contributed by atoms with Crippen molar-refractivity contribution in [2.75, 3.05) is 27.4 Å². The van der Waals surface area contributed by atoms with E-state index in [4.69, 9.17) is 28.4 Å². The van der Waals surface area contributed by atoms with Gasteiger partial charge < -0.3 is 69.7 Å². The summed E-state index contributed by atoms with van der Waals surface area (Å²) in [6.07, 6.45) is -9.10. The van der Waals surface area contributed by atoms with Crippen molar-refractivity contribution >= 4 is 23.6 Å². The highest BCUT2D eigenvalue weighted by Crippen LogP contribution is 2.37. The van der Waals surface area contributed by atoms with E-state index in [-0.39, 0.29) is 24.3 Å². The van der Waals surface area contributed by atoms with Gasteiger partial charge in [-0.3, -0.25) is 9.59 Å². The average Bonchev–Trinajstić information content (AvgIpc) is 3.27. The van der Waals surface area contributed by atoms with E-state index in [2.05, 4.69) is 10.6 Å². The molecule has 59 heavy (non-hydrogen) atoms. The summed E-state index contributed by atoms with van der Waals surface area (Å²) < 4.78 is 34.2. The normalized spacial score (nSPS) is 26.6. The Morgan fingerprint density at radius 3 is 1.31 bits per heavy atom. The van der Waals surface area contributed by atoms with Crippen LogP contribution in [0.4, 0.5) is 0 Å². The van der Waals surface area contributed by atoms with Crippen LogP contribution in [0.5, 0.6) is 23.0 Å². The Kier molecular flexibility index (Phi) is 15.0. The number of benzene rings is 4. The van der Waals surface area contributed by atoms with E-state index in [1.54, 1.807) is 12.1 Å². The molecule has 0 bridgehead atoms. The fourth-order valence-corrected chi connectivity index (χ4v) is 7.97. The van der Waals surface area contributed by atoms with E-state index in [0.717, 1.165) is 11.1 Å². The Bertz CT molecular complexity index is 1850. The molecule has 2 fully saturated rings. The summed E-state index contributed by atoms with van der Waals surface area (Å²) in [6.45, 7) is -1.00. The topological polar surface area (TPSA) is 235 Å². The van der Waals surface area contributed by atoms with Crippen LogP contribution >= 0.6 is 11.8 Å². The van der Waals surface area contributed by atoms with Crippen LogP contribution in [0.15, 0.2) is 97.1 Å². The fraction of sp³-hybridized carbons (Fsp3) is 0.381. The molecule has 4 aromatic carbocycles. The SMILES string of the molecule is COc1cc(OCc2ccccc2)cc(C(=O)N[C@H]2[C@@H](O)[C@@H](CO)OC(SC3O[C@H](CO)[C@H](O)[C@H](NC(=O)c4cc(OC)cc(OCc5ccccc5)c4)[C@H]3O)[C@@H]2O)c1. The lowest BCUT2D eigenvalue weighted by atomic mass is 9.96. The first-order valence-corrected chi connectivity index (χ1v) is 19.7. The maximum atomic E-state index is 13.7. The van der Waals surface area contributed by atoms with Crippen molar-refractivity contribution in [2.45, 2.75) is 72.8 Å². The molecule has 2 aliphatic rings. The Hall–Kier alpha value is -4.95. The van der Waals surface area contributed by atoms with Gasteiger partial charge in [-0.15, -0.1) is 0 Å². The Labute approximate surface area is 344 Å². The third kappa shape index (κ3) is 10.8. The van der Waals surface area contributed by atoms with E-state index in [0.29, 0.717) is 34.8 Å². The molecule has 0 aromatic heterocycles. The fourth-order valence-electron chi connectivity index (χ4n) is 6.63. The van der Waals surface area contributed by atoms with Gasteiger partial charge in [0.25, 0.3) is 11.8 Å². The maximum absolute atomic E-state index is 13.7. The molecule has 4 aromatic rings. The van der Waals surface area contributed by atoms with Crippen LogP contribution in [-0.4, -0.2) is 129 Å². The largest absolute Gasteiger partial charge is 0.497 e. The summed E-state index contributed by atoms with van der Waals surface area (Å²) in [6, 6.07) is 25.0. The van der Waals surface area contributed by atoms with Crippen LogP contribution in [0.1, 0.15) is 31.8 Å². The highest BCUT2D eigenvalue weighted by atomic mass is 32.2. The Balaban J connectivity index is 1.16. The predicted octanol–water partition coefficient (Wildman–Crippen LogP) is 1.37. The molecule has 8 N–H and O–H groups in total. The Morgan fingerprint density at radius 2 is 0.949 bits per heavy atom. The lowest BCUT2D eigenvalue weighted by Gasteiger charge is -2.46. The molecule has 2 amide bonds. The zero-order valence-corrected chi connectivity index (χ0v) is 33.0. The number of ether oxygens (including phenoxy) is 6. The van der Waals surface area contributed by atoms with Gasteiger partial charge in [-0.05, 0) is 35.4 Å². The van der Waals surface area contributed by atoms with Crippen LogP contribution in [0, 0.1) is 0 Å². The summed E-state index contributed by atoms with van der Waals surface area (Å²) in [5.41, 5.74) is -0.764. The first kappa shape index (κ1) is 43.6. The summed E-state index contributed by atoms with van der Waals surface area (Å²) in [5, 5.41) is 70.8. The maximum Gasteiger partial charge on any atom is 0.251 e. The summed E-state index contributed by atoms with van der Waals surface area (Å²) in [7, 11) is 2.85. The number of aliphatic hydroxyl groups is 6. The van der Waals surface area contributed by atoms with E-state index in [1.165, 1.54) is 38.5 Å². The second-order valence-corrected chi connectivity index (χ2v) is 15.1. The number of rotatable bonds is 16. The van der Waals surface area contributed by atoms with Crippen LogP contribution < -0.4 is 29.6 Å². The number of thioether (sulfide) groups is 1. The smallest absolute Gasteiger partial charge is 0.251 e. The van der Waals surface area contributed by atoms with Crippen molar-refractivity contribution < 1.29 is 68.6 Å². The lowest BCUT2D eigenvalue weighted by molar-refractivity contribution is -0.175. The average molecular weight is 837 g/mol. The second kappa shape index (κ2) is 20.3.